The van der Waals surface area contributed by atoms with Gasteiger partial charge in [0.25, 0.3) is 0 Å². The Morgan fingerprint density at radius 3 is 3.24 bits per heavy atom. The third-order valence-corrected chi connectivity index (χ3v) is 3.98. The van der Waals surface area contributed by atoms with Crippen LogP contribution in [0.3, 0.4) is 0 Å². The van der Waals surface area contributed by atoms with Crippen LogP contribution >= 0.6 is 0 Å². The van der Waals surface area contributed by atoms with Crippen LogP contribution < -0.4 is 10.1 Å². The molecule has 1 atom stereocenters. The fourth-order valence-electron chi connectivity index (χ4n) is 2.90. The van der Waals surface area contributed by atoms with E-state index in [-0.39, 0.29) is 0 Å². The highest BCUT2D eigenvalue weighted by Crippen LogP contribution is 2.26. The van der Waals surface area contributed by atoms with Gasteiger partial charge in [-0.2, -0.15) is 0 Å². The predicted octanol–water partition coefficient (Wildman–Crippen LogP) is 2.55. The maximum atomic E-state index is 5.65. The summed E-state index contributed by atoms with van der Waals surface area (Å²) in [4.78, 5) is 0. The van der Waals surface area contributed by atoms with Crippen molar-refractivity contribution >= 4 is 0 Å². The zero-order valence-corrected chi connectivity index (χ0v) is 10.4. The van der Waals surface area contributed by atoms with Gasteiger partial charge in [0.2, 0.25) is 0 Å². The normalized spacial score (nSPS) is 23.2. The number of aryl methyl sites for hydroxylation is 2. The number of hydrogen-bond acceptors (Lipinski definition) is 2. The van der Waals surface area contributed by atoms with E-state index in [9.17, 15) is 0 Å². The molecule has 92 valence electrons. The molecule has 0 amide bonds. The number of fused-ring (bicyclic) bond motifs is 1. The summed E-state index contributed by atoms with van der Waals surface area (Å²) in [5.41, 5.74) is 2.90. The van der Waals surface area contributed by atoms with Crippen LogP contribution in [0.1, 0.15) is 30.4 Å². The minimum Gasteiger partial charge on any atom is -0.493 e. The van der Waals surface area contributed by atoms with E-state index >= 15 is 0 Å². The first-order valence-corrected chi connectivity index (χ1v) is 6.87. The Morgan fingerprint density at radius 1 is 1.35 bits per heavy atom. The van der Waals surface area contributed by atoms with Crippen molar-refractivity contribution in [1.82, 2.24) is 5.32 Å². The van der Waals surface area contributed by atoms with Gasteiger partial charge in [0, 0.05) is 0 Å². The van der Waals surface area contributed by atoms with Crippen LogP contribution in [-0.4, -0.2) is 19.7 Å². The molecule has 2 nitrogen and oxygen atoms in total. The minimum absolute atomic E-state index is 0.889. The fourth-order valence-corrected chi connectivity index (χ4v) is 2.90. The topological polar surface area (TPSA) is 21.3 Å². The zero-order chi connectivity index (χ0) is 11.5. The van der Waals surface area contributed by atoms with Gasteiger partial charge < -0.3 is 10.1 Å². The first kappa shape index (κ1) is 11.1. The number of rotatable bonds is 3. The number of hydrogen-bond donors (Lipinski definition) is 1. The monoisotopic (exact) mass is 231 g/mol. The van der Waals surface area contributed by atoms with Crippen molar-refractivity contribution in [3.63, 3.8) is 0 Å². The van der Waals surface area contributed by atoms with Crippen LogP contribution in [0.15, 0.2) is 18.2 Å². The molecule has 2 heteroatoms. The summed E-state index contributed by atoms with van der Waals surface area (Å²) in [7, 11) is 0. The van der Waals surface area contributed by atoms with Gasteiger partial charge in [0.15, 0.2) is 0 Å². The molecule has 0 spiro atoms. The molecule has 17 heavy (non-hydrogen) atoms. The van der Waals surface area contributed by atoms with Gasteiger partial charge in [-0.25, -0.2) is 0 Å². The molecule has 1 aromatic carbocycles. The Morgan fingerprint density at radius 2 is 2.35 bits per heavy atom. The van der Waals surface area contributed by atoms with Crippen LogP contribution in [0.5, 0.6) is 5.75 Å². The number of ether oxygens (including phenoxy) is 1. The first-order valence-electron chi connectivity index (χ1n) is 6.87. The summed E-state index contributed by atoms with van der Waals surface area (Å²) in [6.07, 6.45) is 6.26. The average Bonchev–Trinajstić information content (AvgIpc) is 2.89. The molecule has 2 aliphatic rings. The van der Waals surface area contributed by atoms with E-state index < -0.39 is 0 Å². The van der Waals surface area contributed by atoms with Crippen LogP contribution in [-0.2, 0) is 12.8 Å². The molecule has 0 bridgehead atoms. The maximum Gasteiger partial charge on any atom is 0.122 e. The molecule has 1 unspecified atom stereocenters. The molecule has 0 aliphatic carbocycles. The summed E-state index contributed by atoms with van der Waals surface area (Å²) in [6.45, 7) is 3.32. The number of nitrogens with one attached hydrogen (secondary N) is 1. The van der Waals surface area contributed by atoms with Gasteiger partial charge in [-0.15, -0.1) is 0 Å². The van der Waals surface area contributed by atoms with Crippen molar-refractivity contribution in [2.24, 2.45) is 5.92 Å². The summed E-state index contributed by atoms with van der Waals surface area (Å²) in [5, 5.41) is 3.44. The van der Waals surface area contributed by atoms with Gasteiger partial charge in [-0.1, -0.05) is 12.1 Å². The van der Waals surface area contributed by atoms with Crippen molar-refractivity contribution < 1.29 is 4.74 Å². The smallest absolute Gasteiger partial charge is 0.122 e. The lowest BCUT2D eigenvalue weighted by molar-refractivity contribution is 0.288. The third kappa shape index (κ3) is 2.63. The van der Waals surface area contributed by atoms with Gasteiger partial charge in [0.1, 0.15) is 5.75 Å². The Balaban J connectivity index is 1.62. The molecular formula is C15H21NO. The highest BCUT2D eigenvalue weighted by molar-refractivity contribution is 5.38. The Labute approximate surface area is 103 Å². The van der Waals surface area contributed by atoms with E-state index in [1.807, 2.05) is 0 Å². The van der Waals surface area contributed by atoms with Crippen LogP contribution in [0, 0.1) is 5.92 Å². The van der Waals surface area contributed by atoms with Gasteiger partial charge in [-0.3, -0.25) is 0 Å². The molecule has 0 saturated carbocycles. The molecule has 0 aromatic heterocycles. The molecule has 1 saturated heterocycles. The fraction of sp³-hybridized carbons (Fsp3) is 0.600. The second-order valence-electron chi connectivity index (χ2n) is 5.29. The standard InChI is InChI=1S/C15H21NO/c1-2-14-10-12(5-6-15(14)17-9-1)3-4-13-7-8-16-11-13/h5-6,10,13,16H,1-4,7-9,11H2. The summed E-state index contributed by atoms with van der Waals surface area (Å²) >= 11 is 0. The molecule has 2 heterocycles. The van der Waals surface area contributed by atoms with E-state index in [0.717, 1.165) is 18.3 Å². The van der Waals surface area contributed by atoms with Crippen molar-refractivity contribution in [3.05, 3.63) is 29.3 Å². The second kappa shape index (κ2) is 5.09. The summed E-state index contributed by atoms with van der Waals surface area (Å²) < 4.78 is 5.65. The largest absolute Gasteiger partial charge is 0.493 e. The molecule has 1 fully saturated rings. The van der Waals surface area contributed by atoms with Crippen molar-refractivity contribution in [1.29, 1.82) is 0 Å². The average molecular weight is 231 g/mol. The lowest BCUT2D eigenvalue weighted by atomic mass is 9.96. The van der Waals surface area contributed by atoms with Crippen molar-refractivity contribution in [2.75, 3.05) is 19.7 Å². The van der Waals surface area contributed by atoms with Gasteiger partial charge in [0.05, 0.1) is 6.61 Å². The molecule has 0 radical (unpaired) electrons. The van der Waals surface area contributed by atoms with E-state index in [1.165, 1.54) is 56.3 Å². The van der Waals surface area contributed by atoms with E-state index in [1.54, 1.807) is 0 Å². The lowest BCUT2D eigenvalue weighted by Crippen LogP contribution is -2.10. The summed E-state index contributed by atoms with van der Waals surface area (Å²) in [5.74, 6) is 2.00. The highest BCUT2D eigenvalue weighted by Gasteiger charge is 2.15. The Hall–Kier alpha value is -1.02. The predicted molar refractivity (Wildman–Crippen MR) is 69.6 cm³/mol. The zero-order valence-electron chi connectivity index (χ0n) is 10.4. The van der Waals surface area contributed by atoms with Crippen molar-refractivity contribution in [2.45, 2.75) is 32.1 Å². The van der Waals surface area contributed by atoms with Crippen LogP contribution in [0.4, 0.5) is 0 Å². The van der Waals surface area contributed by atoms with E-state index in [2.05, 4.69) is 23.5 Å². The SMILES string of the molecule is c1cc2c(cc1CCC1CCNC1)CCCO2. The van der Waals surface area contributed by atoms with E-state index in [4.69, 9.17) is 4.74 Å². The highest BCUT2D eigenvalue weighted by atomic mass is 16.5. The second-order valence-corrected chi connectivity index (χ2v) is 5.29. The Kier molecular flexibility index (Phi) is 3.32. The first-order chi connectivity index (χ1) is 8.42. The van der Waals surface area contributed by atoms with Gasteiger partial charge in [-0.05, 0) is 68.3 Å². The van der Waals surface area contributed by atoms with Crippen LogP contribution in [0.25, 0.3) is 0 Å². The lowest BCUT2D eigenvalue weighted by Gasteiger charge is -2.18. The minimum atomic E-state index is 0.889. The third-order valence-electron chi connectivity index (χ3n) is 3.98. The Bertz CT molecular complexity index is 383. The molecular weight excluding hydrogens is 210 g/mol. The maximum absolute atomic E-state index is 5.65. The van der Waals surface area contributed by atoms with Crippen LogP contribution in [0.2, 0.25) is 0 Å². The molecule has 1 aromatic rings. The summed E-state index contributed by atoms with van der Waals surface area (Å²) in [6, 6.07) is 6.76. The van der Waals surface area contributed by atoms with E-state index in [0.29, 0.717) is 0 Å². The van der Waals surface area contributed by atoms with Gasteiger partial charge >= 0.3 is 0 Å². The van der Waals surface area contributed by atoms with Crippen molar-refractivity contribution in [3.8, 4) is 5.75 Å². The molecule has 2 aliphatic heterocycles. The number of benzene rings is 1. The molecule has 3 rings (SSSR count). The molecule has 1 N–H and O–H groups in total. The quantitative estimate of drug-likeness (QED) is 0.863.